The molecule has 5 nitrogen and oxygen atoms in total. The Morgan fingerprint density at radius 1 is 1.06 bits per heavy atom. The van der Waals surface area contributed by atoms with Gasteiger partial charge in [-0.2, -0.15) is 0 Å². The first-order valence-corrected chi connectivity index (χ1v) is 11.3. The fraction of sp³-hybridized carbons (Fsp3) is 0.440. The first-order chi connectivity index (χ1) is 14.9. The molecule has 2 amide bonds. The van der Waals surface area contributed by atoms with Crippen molar-refractivity contribution >= 4 is 23.4 Å². The average molecular weight is 445 g/mol. The smallest absolute Gasteiger partial charge is 0.261 e. The summed E-state index contributed by atoms with van der Waals surface area (Å²) in [6.07, 6.45) is 1.32. The van der Waals surface area contributed by atoms with Crippen molar-refractivity contribution in [1.29, 1.82) is 0 Å². The monoisotopic (exact) mass is 444 g/mol. The van der Waals surface area contributed by atoms with E-state index in [2.05, 4.69) is 19.2 Å². The van der Waals surface area contributed by atoms with Crippen LogP contribution in [0.5, 0.6) is 5.75 Å². The molecular weight excluding hydrogens is 412 g/mol. The van der Waals surface area contributed by atoms with Crippen LogP contribution in [0.2, 0.25) is 5.02 Å². The van der Waals surface area contributed by atoms with Gasteiger partial charge in [0.25, 0.3) is 5.91 Å². The first-order valence-electron chi connectivity index (χ1n) is 10.9. The number of hydrogen-bond acceptors (Lipinski definition) is 3. The molecule has 0 heterocycles. The van der Waals surface area contributed by atoms with Crippen LogP contribution in [0.1, 0.15) is 57.6 Å². The third-order valence-corrected chi connectivity index (χ3v) is 5.51. The van der Waals surface area contributed by atoms with Gasteiger partial charge in [-0.3, -0.25) is 9.59 Å². The summed E-state index contributed by atoms with van der Waals surface area (Å²) in [5, 5.41) is 3.47. The van der Waals surface area contributed by atoms with Crippen molar-refractivity contribution in [1.82, 2.24) is 10.2 Å². The van der Waals surface area contributed by atoms with Crippen LogP contribution < -0.4 is 10.1 Å². The Morgan fingerprint density at radius 3 is 2.32 bits per heavy atom. The molecule has 0 radical (unpaired) electrons. The molecule has 0 fully saturated rings. The highest BCUT2D eigenvalue weighted by molar-refractivity contribution is 6.31. The molecule has 0 saturated carbocycles. The zero-order valence-electron chi connectivity index (χ0n) is 18.9. The summed E-state index contributed by atoms with van der Waals surface area (Å²) < 4.78 is 5.75. The highest BCUT2D eigenvalue weighted by Crippen LogP contribution is 2.21. The maximum absolute atomic E-state index is 13.2. The number of benzene rings is 2. The van der Waals surface area contributed by atoms with Crippen molar-refractivity contribution in [3.05, 3.63) is 64.7 Å². The van der Waals surface area contributed by atoms with Gasteiger partial charge in [-0.1, -0.05) is 69.6 Å². The second-order valence-electron chi connectivity index (χ2n) is 7.84. The summed E-state index contributed by atoms with van der Waals surface area (Å²) in [6.45, 7) is 8.80. The number of carbonyl (C=O) groups is 2. The predicted octanol–water partition coefficient (Wildman–Crippen LogP) is 5.18. The van der Waals surface area contributed by atoms with E-state index in [4.69, 9.17) is 16.3 Å². The molecule has 1 unspecified atom stereocenters. The van der Waals surface area contributed by atoms with Crippen molar-refractivity contribution in [2.75, 3.05) is 13.2 Å². The van der Waals surface area contributed by atoms with Crippen molar-refractivity contribution in [2.45, 2.75) is 59.0 Å². The lowest BCUT2D eigenvalue weighted by atomic mass is 10.0. The topological polar surface area (TPSA) is 58.6 Å². The molecular formula is C25H33ClN2O3. The summed E-state index contributed by atoms with van der Waals surface area (Å²) in [4.78, 5) is 27.5. The Morgan fingerprint density at radius 2 is 1.74 bits per heavy atom. The van der Waals surface area contributed by atoms with Crippen LogP contribution >= 0.6 is 11.6 Å². The zero-order valence-corrected chi connectivity index (χ0v) is 19.6. The molecule has 0 aromatic heterocycles. The molecule has 0 saturated heterocycles. The molecule has 31 heavy (non-hydrogen) atoms. The SMILES string of the molecule is CCCNC(=O)C(CC)N(Cc1ccccc1Cl)C(=O)COc1ccc(C(C)C)cc1. The molecule has 2 aromatic rings. The Kier molecular flexibility index (Phi) is 9.86. The van der Waals surface area contributed by atoms with Crippen LogP contribution in [0.3, 0.4) is 0 Å². The number of hydrogen-bond donors (Lipinski definition) is 1. The first kappa shape index (κ1) is 24.7. The van der Waals surface area contributed by atoms with E-state index in [1.807, 2.05) is 56.3 Å². The number of rotatable bonds is 11. The molecule has 1 N–H and O–H groups in total. The van der Waals surface area contributed by atoms with Crippen molar-refractivity contribution < 1.29 is 14.3 Å². The summed E-state index contributed by atoms with van der Waals surface area (Å²) in [5.74, 6) is 0.630. The lowest BCUT2D eigenvalue weighted by molar-refractivity contribution is -0.143. The van der Waals surface area contributed by atoms with E-state index in [0.29, 0.717) is 29.7 Å². The molecule has 0 bridgehead atoms. The van der Waals surface area contributed by atoms with E-state index < -0.39 is 6.04 Å². The van der Waals surface area contributed by atoms with Crippen LogP contribution in [-0.4, -0.2) is 35.9 Å². The van der Waals surface area contributed by atoms with Gasteiger partial charge >= 0.3 is 0 Å². The van der Waals surface area contributed by atoms with Gasteiger partial charge in [0.05, 0.1) is 0 Å². The molecule has 2 aromatic carbocycles. The minimum absolute atomic E-state index is 0.150. The number of carbonyl (C=O) groups excluding carboxylic acids is 2. The van der Waals surface area contributed by atoms with E-state index in [0.717, 1.165) is 12.0 Å². The Balaban J connectivity index is 2.18. The maximum atomic E-state index is 13.2. The highest BCUT2D eigenvalue weighted by Gasteiger charge is 2.29. The predicted molar refractivity (Wildman–Crippen MR) is 125 cm³/mol. The normalized spacial score (nSPS) is 11.8. The third-order valence-electron chi connectivity index (χ3n) is 5.14. The fourth-order valence-corrected chi connectivity index (χ4v) is 3.47. The molecule has 0 aliphatic carbocycles. The van der Waals surface area contributed by atoms with Crippen molar-refractivity contribution in [2.24, 2.45) is 0 Å². The van der Waals surface area contributed by atoms with Gasteiger partial charge in [0.1, 0.15) is 11.8 Å². The van der Waals surface area contributed by atoms with E-state index in [9.17, 15) is 9.59 Å². The lowest BCUT2D eigenvalue weighted by Crippen LogP contribution is -2.50. The number of nitrogens with one attached hydrogen (secondary N) is 1. The van der Waals surface area contributed by atoms with Gasteiger partial charge in [-0.15, -0.1) is 0 Å². The average Bonchev–Trinajstić information content (AvgIpc) is 2.77. The standard InChI is InChI=1S/C25H33ClN2O3/c1-5-15-27-25(30)23(6-2)28(16-20-9-7-8-10-22(20)26)24(29)17-31-21-13-11-19(12-14-21)18(3)4/h7-14,18,23H,5-6,15-17H2,1-4H3,(H,27,30). The van der Waals surface area contributed by atoms with E-state index >= 15 is 0 Å². The summed E-state index contributed by atoms with van der Waals surface area (Å²) in [7, 11) is 0. The summed E-state index contributed by atoms with van der Waals surface area (Å²) >= 11 is 6.33. The van der Waals surface area contributed by atoms with E-state index in [-0.39, 0.29) is 25.0 Å². The molecule has 0 spiro atoms. The fourth-order valence-electron chi connectivity index (χ4n) is 3.27. The Bertz CT molecular complexity index is 852. The quantitative estimate of drug-likeness (QED) is 0.519. The number of halogens is 1. The van der Waals surface area contributed by atoms with E-state index in [1.165, 1.54) is 5.56 Å². The number of nitrogens with zero attached hydrogens (tertiary/aromatic N) is 1. The van der Waals surface area contributed by atoms with E-state index in [1.54, 1.807) is 11.0 Å². The van der Waals surface area contributed by atoms with Crippen LogP contribution in [0, 0.1) is 0 Å². The minimum atomic E-state index is -0.595. The lowest BCUT2D eigenvalue weighted by Gasteiger charge is -2.30. The van der Waals surface area contributed by atoms with Crippen LogP contribution in [-0.2, 0) is 16.1 Å². The third kappa shape index (κ3) is 7.28. The van der Waals surface area contributed by atoms with Crippen molar-refractivity contribution in [3.8, 4) is 5.75 Å². The summed E-state index contributed by atoms with van der Waals surface area (Å²) in [5.41, 5.74) is 2.00. The van der Waals surface area contributed by atoms with Gasteiger partial charge in [-0.25, -0.2) is 0 Å². The number of amides is 2. The van der Waals surface area contributed by atoms with Crippen LogP contribution in [0.15, 0.2) is 48.5 Å². The van der Waals surface area contributed by atoms with Crippen LogP contribution in [0.25, 0.3) is 0 Å². The molecule has 168 valence electrons. The van der Waals surface area contributed by atoms with Crippen molar-refractivity contribution in [3.63, 3.8) is 0 Å². The van der Waals surface area contributed by atoms with Gasteiger partial charge in [0.2, 0.25) is 5.91 Å². The van der Waals surface area contributed by atoms with Gasteiger partial charge in [-0.05, 0) is 48.1 Å². The Hall–Kier alpha value is -2.53. The maximum Gasteiger partial charge on any atom is 0.261 e. The van der Waals surface area contributed by atoms with Gasteiger partial charge in [0, 0.05) is 18.1 Å². The van der Waals surface area contributed by atoms with Crippen LogP contribution in [0.4, 0.5) is 0 Å². The zero-order chi connectivity index (χ0) is 22.8. The highest BCUT2D eigenvalue weighted by atomic mass is 35.5. The molecule has 2 rings (SSSR count). The minimum Gasteiger partial charge on any atom is -0.484 e. The molecule has 0 aliphatic heterocycles. The molecule has 0 aliphatic rings. The molecule has 6 heteroatoms. The van der Waals surface area contributed by atoms with Gasteiger partial charge < -0.3 is 15.0 Å². The van der Waals surface area contributed by atoms with Gasteiger partial charge in [0.15, 0.2) is 6.61 Å². The second-order valence-corrected chi connectivity index (χ2v) is 8.25. The largest absolute Gasteiger partial charge is 0.484 e. The Labute approximate surface area is 190 Å². The molecule has 1 atom stereocenters. The number of ether oxygens (including phenoxy) is 1. The summed E-state index contributed by atoms with van der Waals surface area (Å²) in [6, 6.07) is 14.5. The second kappa shape index (κ2) is 12.4.